The zero-order valence-corrected chi connectivity index (χ0v) is 19.2. The molecule has 0 bridgehead atoms. The summed E-state index contributed by atoms with van der Waals surface area (Å²) in [7, 11) is 0. The molecule has 0 fully saturated rings. The summed E-state index contributed by atoms with van der Waals surface area (Å²) in [6.45, 7) is 2.83. The van der Waals surface area contributed by atoms with Crippen LogP contribution in [0.5, 0.6) is 0 Å². The maximum atomic E-state index is 12.6. The van der Waals surface area contributed by atoms with E-state index in [2.05, 4.69) is 22.8 Å². The van der Waals surface area contributed by atoms with E-state index in [1.807, 2.05) is 12.1 Å². The van der Waals surface area contributed by atoms with Gasteiger partial charge in [-0.3, -0.25) is 5.32 Å². The molecule has 1 radical (unpaired) electrons. The van der Waals surface area contributed by atoms with E-state index >= 15 is 0 Å². The molecule has 8 heteroatoms. The van der Waals surface area contributed by atoms with Crippen molar-refractivity contribution in [1.29, 1.82) is 0 Å². The Morgan fingerprint density at radius 3 is 2.34 bits per heavy atom. The summed E-state index contributed by atoms with van der Waals surface area (Å²) >= 11 is 0. The van der Waals surface area contributed by atoms with Gasteiger partial charge in [-0.1, -0.05) is 42.0 Å². The molecule has 3 N–H and O–H groups in total. The zero-order chi connectivity index (χ0) is 20.6. The molecule has 29 heavy (non-hydrogen) atoms. The zero-order valence-electron chi connectivity index (χ0n) is 16.4. The monoisotopic (exact) mass is 484 g/mol. The fourth-order valence-electron chi connectivity index (χ4n) is 3.03. The first-order chi connectivity index (χ1) is 13.3. The van der Waals surface area contributed by atoms with Crippen LogP contribution in [0.4, 0.5) is 13.2 Å². The van der Waals surface area contributed by atoms with E-state index in [1.54, 1.807) is 19.1 Å². The van der Waals surface area contributed by atoms with Gasteiger partial charge >= 0.3 is 6.18 Å². The van der Waals surface area contributed by atoms with Crippen molar-refractivity contribution in [3.63, 3.8) is 0 Å². The predicted molar refractivity (Wildman–Crippen MR) is 103 cm³/mol. The summed E-state index contributed by atoms with van der Waals surface area (Å²) in [4.78, 5) is 0. The van der Waals surface area contributed by atoms with Crippen LogP contribution >= 0.6 is 0 Å². The molecule has 0 spiro atoms. The van der Waals surface area contributed by atoms with Crippen molar-refractivity contribution in [3.05, 3.63) is 76.1 Å². The van der Waals surface area contributed by atoms with Gasteiger partial charge < -0.3 is 15.5 Å². The van der Waals surface area contributed by atoms with Crippen LogP contribution in [0.25, 0.3) is 5.32 Å². The predicted octanol–water partition coefficient (Wildman–Crippen LogP) is 3.82. The van der Waals surface area contributed by atoms with Crippen LogP contribution in [0.1, 0.15) is 35.2 Å². The third kappa shape index (κ3) is 8.83. The maximum Gasteiger partial charge on any atom is 0.416 e. The molecular weight excluding hydrogens is 458 g/mol. The van der Waals surface area contributed by atoms with Crippen molar-refractivity contribution >= 4 is 0 Å². The largest absolute Gasteiger partial charge is 0.655 e. The van der Waals surface area contributed by atoms with E-state index in [1.165, 1.54) is 11.1 Å². The number of nitrogens with zero attached hydrogens (tertiary/aromatic N) is 1. The van der Waals surface area contributed by atoms with Crippen LogP contribution in [0.3, 0.4) is 0 Å². The number of fused-ring (bicyclic) bond motifs is 1. The van der Waals surface area contributed by atoms with Crippen molar-refractivity contribution in [1.82, 2.24) is 5.32 Å². The van der Waals surface area contributed by atoms with Gasteiger partial charge in [-0.25, -0.2) is 0 Å². The first-order valence-electron chi connectivity index (χ1n) is 9.21. The number of hydrogen-bond donors (Lipinski definition) is 3. The molecule has 2 aromatic carbocycles. The molecule has 3 rings (SSSR count). The third-order valence-electron chi connectivity index (χ3n) is 4.41. The van der Waals surface area contributed by atoms with Crippen molar-refractivity contribution in [2.24, 2.45) is 0 Å². The number of nitrogens with one attached hydrogen (secondary N) is 1. The van der Waals surface area contributed by atoms with Gasteiger partial charge in [-0.05, 0) is 43.0 Å². The van der Waals surface area contributed by atoms with Gasteiger partial charge in [-0.2, -0.15) is 13.2 Å². The van der Waals surface area contributed by atoms with Gasteiger partial charge in [0.1, 0.15) is 0 Å². The van der Waals surface area contributed by atoms with Crippen LogP contribution < -0.4 is 5.32 Å². The standard InChI is InChI=1S/C17H15F3N.C4H11NO2.Y/c18-17(19,20)14-7-5-12(6-8-14)11-16-15-4-2-1-3-13(15)9-10-21-16;1-4(7)2-5-3-6;/h1-8,16H,9-11H2;4-7H,2-3H2,1H3;/q-1;;. The molecule has 0 aromatic heterocycles. The van der Waals surface area contributed by atoms with Crippen molar-refractivity contribution in [2.45, 2.75) is 38.1 Å². The Morgan fingerprint density at radius 2 is 1.79 bits per heavy atom. The van der Waals surface area contributed by atoms with E-state index in [9.17, 15) is 13.2 Å². The molecule has 1 heterocycles. The second-order valence-electron chi connectivity index (χ2n) is 6.73. The Labute approximate surface area is 194 Å². The molecule has 4 nitrogen and oxygen atoms in total. The Balaban J connectivity index is 0.000000456. The van der Waals surface area contributed by atoms with Gasteiger partial charge in [0.2, 0.25) is 0 Å². The van der Waals surface area contributed by atoms with E-state index in [-0.39, 0.29) is 51.6 Å². The summed E-state index contributed by atoms with van der Waals surface area (Å²) in [6.07, 6.45) is -3.05. The molecule has 2 atom stereocenters. The van der Waals surface area contributed by atoms with E-state index in [0.29, 0.717) is 13.0 Å². The minimum Gasteiger partial charge on any atom is -0.655 e. The van der Waals surface area contributed by atoms with Gasteiger partial charge in [0.25, 0.3) is 0 Å². The average molecular weight is 484 g/mol. The summed E-state index contributed by atoms with van der Waals surface area (Å²) in [5.74, 6) is 0. The Kier molecular flexibility index (Phi) is 11.5. The Bertz CT molecular complexity index is 725. The quantitative estimate of drug-likeness (QED) is 0.566. The first kappa shape index (κ1) is 26.2. The van der Waals surface area contributed by atoms with Crippen LogP contribution in [0.2, 0.25) is 0 Å². The number of halogens is 3. The molecule has 2 unspecified atom stereocenters. The molecule has 0 amide bonds. The van der Waals surface area contributed by atoms with E-state index in [4.69, 9.17) is 10.2 Å². The molecule has 1 aliphatic rings. The van der Waals surface area contributed by atoms with Crippen LogP contribution in [-0.2, 0) is 51.7 Å². The average Bonchev–Trinajstić information content (AvgIpc) is 2.67. The van der Waals surface area contributed by atoms with Crippen LogP contribution in [0, 0.1) is 0 Å². The van der Waals surface area contributed by atoms with E-state index in [0.717, 1.165) is 30.7 Å². The minimum atomic E-state index is -4.28. The van der Waals surface area contributed by atoms with Crippen molar-refractivity contribution in [2.75, 3.05) is 19.8 Å². The summed E-state index contributed by atoms with van der Waals surface area (Å²) in [5.41, 5.74) is 2.77. The molecule has 1 aliphatic heterocycles. The Morgan fingerprint density at radius 1 is 1.14 bits per heavy atom. The molecule has 157 valence electrons. The molecule has 0 saturated heterocycles. The number of aliphatic hydroxyl groups is 2. The van der Waals surface area contributed by atoms with Gasteiger partial charge in [0.05, 0.1) is 18.4 Å². The fourth-order valence-corrected chi connectivity index (χ4v) is 3.03. The topological polar surface area (TPSA) is 66.6 Å². The second-order valence-corrected chi connectivity index (χ2v) is 6.73. The van der Waals surface area contributed by atoms with Crippen molar-refractivity contribution in [3.8, 4) is 0 Å². The number of hydrogen-bond acceptors (Lipinski definition) is 3. The number of aliphatic hydroxyl groups excluding tert-OH is 2. The smallest absolute Gasteiger partial charge is 0.416 e. The maximum absolute atomic E-state index is 12.6. The van der Waals surface area contributed by atoms with Gasteiger partial charge in [0.15, 0.2) is 0 Å². The third-order valence-corrected chi connectivity index (χ3v) is 4.41. The summed E-state index contributed by atoms with van der Waals surface area (Å²) < 4.78 is 37.7. The normalized spacial score (nSPS) is 16.7. The van der Waals surface area contributed by atoms with Crippen molar-refractivity contribution < 1.29 is 56.1 Å². The summed E-state index contributed by atoms with van der Waals surface area (Å²) in [5, 5.41) is 23.8. The molecule has 2 aromatic rings. The second kappa shape index (κ2) is 12.8. The first-order valence-corrected chi connectivity index (χ1v) is 9.21. The molecule has 0 saturated carbocycles. The van der Waals surface area contributed by atoms with Gasteiger partial charge in [0, 0.05) is 39.3 Å². The fraction of sp³-hybridized carbons (Fsp3) is 0.429. The number of alkyl halides is 3. The van der Waals surface area contributed by atoms with Gasteiger partial charge in [-0.15, -0.1) is 12.6 Å². The Hall–Kier alpha value is -0.826. The van der Waals surface area contributed by atoms with Crippen LogP contribution in [-0.4, -0.2) is 36.1 Å². The minimum absolute atomic E-state index is 0. The van der Waals surface area contributed by atoms with E-state index < -0.39 is 11.7 Å². The number of benzene rings is 2. The molecule has 0 aliphatic carbocycles. The van der Waals surface area contributed by atoms with Crippen LogP contribution in [0.15, 0.2) is 48.5 Å². The molecular formula is C21H26F3N2O2Y-. The SMILES string of the molecule is CC(O)CNCO.FC(F)(F)c1ccc(CC2[N-]CCc3ccccc32)cc1.[Y]. The number of rotatable bonds is 5. The summed E-state index contributed by atoms with van der Waals surface area (Å²) in [6, 6.07) is 13.6.